The van der Waals surface area contributed by atoms with Crippen LogP contribution >= 0.6 is 47.8 Å². The number of fused-ring (bicyclic) bond motifs is 1. The van der Waals surface area contributed by atoms with Crippen molar-refractivity contribution in [1.29, 1.82) is 0 Å². The lowest BCUT2D eigenvalue weighted by molar-refractivity contribution is -0.386. The van der Waals surface area contributed by atoms with Gasteiger partial charge in [-0.15, -0.1) is 0 Å². The van der Waals surface area contributed by atoms with Crippen LogP contribution in [0.2, 0.25) is 0 Å². The molecule has 3 rings (SSSR count). The summed E-state index contributed by atoms with van der Waals surface area (Å²) in [7, 11) is 0. The number of nitro benzene ring substituents is 1. The predicted molar refractivity (Wildman–Crippen MR) is 109 cm³/mol. The highest BCUT2D eigenvalue weighted by atomic mass is 79.9. The lowest BCUT2D eigenvalue weighted by Gasteiger charge is -2.01. The van der Waals surface area contributed by atoms with Crippen LogP contribution in [0.5, 0.6) is 5.75 Å². The van der Waals surface area contributed by atoms with E-state index in [-0.39, 0.29) is 10.2 Å². The van der Waals surface area contributed by atoms with Gasteiger partial charge in [-0.1, -0.05) is 15.9 Å². The fourth-order valence-corrected chi connectivity index (χ4v) is 4.03. The van der Waals surface area contributed by atoms with Gasteiger partial charge in [0.25, 0.3) is 0 Å². The summed E-state index contributed by atoms with van der Waals surface area (Å²) in [5, 5.41) is 25.1. The second-order valence-electron chi connectivity index (χ2n) is 5.24. The lowest BCUT2D eigenvalue weighted by atomic mass is 10.2. The largest absolute Gasteiger partial charge is 0.501 e. The second kappa shape index (κ2) is 7.79. The van der Waals surface area contributed by atoms with Crippen LogP contribution < -0.4 is 5.43 Å². The Morgan fingerprint density at radius 3 is 2.63 bits per heavy atom. The number of carbonyl (C=O) groups is 1. The predicted octanol–water partition coefficient (Wildman–Crippen LogP) is 5.10. The highest BCUT2D eigenvalue weighted by Gasteiger charge is 2.17. The molecule has 0 atom stereocenters. The van der Waals surface area contributed by atoms with Gasteiger partial charge in [0.1, 0.15) is 5.58 Å². The van der Waals surface area contributed by atoms with Crippen molar-refractivity contribution in [3.63, 3.8) is 0 Å². The zero-order valence-electron chi connectivity index (χ0n) is 13.1. The number of furan rings is 1. The first-order valence-electron chi connectivity index (χ1n) is 7.15. The normalized spacial score (nSPS) is 11.2. The Bertz CT molecular complexity index is 1110. The highest BCUT2D eigenvalue weighted by molar-refractivity contribution is 9.11. The molecule has 0 fully saturated rings. The number of benzene rings is 2. The highest BCUT2D eigenvalue weighted by Crippen LogP contribution is 2.34. The number of nitro groups is 1. The maximum absolute atomic E-state index is 12.2. The molecule has 1 aromatic heterocycles. The van der Waals surface area contributed by atoms with Crippen molar-refractivity contribution in [2.24, 2.45) is 5.10 Å². The number of hydrogen-bond acceptors (Lipinski definition) is 6. The molecule has 0 saturated carbocycles. The number of phenols is 1. The lowest BCUT2D eigenvalue weighted by Crippen LogP contribution is -2.16. The number of phenolic OH excluding ortho intramolecular Hbond substituents is 1. The van der Waals surface area contributed by atoms with Crippen molar-refractivity contribution in [3.05, 3.63) is 65.2 Å². The summed E-state index contributed by atoms with van der Waals surface area (Å²) >= 11 is 9.75. The Morgan fingerprint density at radius 2 is 1.93 bits per heavy atom. The van der Waals surface area contributed by atoms with Gasteiger partial charge in [0, 0.05) is 21.5 Å². The molecule has 11 heteroatoms. The Morgan fingerprint density at radius 1 is 1.19 bits per heavy atom. The zero-order chi connectivity index (χ0) is 19.7. The number of hydrazone groups is 1. The van der Waals surface area contributed by atoms with Crippen LogP contribution in [0.25, 0.3) is 11.0 Å². The van der Waals surface area contributed by atoms with E-state index in [0.29, 0.717) is 15.6 Å². The van der Waals surface area contributed by atoms with E-state index in [1.165, 1.54) is 12.3 Å². The minimum absolute atomic E-state index is 0.0545. The van der Waals surface area contributed by atoms with Crippen LogP contribution in [0.3, 0.4) is 0 Å². The van der Waals surface area contributed by atoms with Crippen LogP contribution in [0.15, 0.2) is 53.3 Å². The van der Waals surface area contributed by atoms with E-state index < -0.39 is 22.3 Å². The fourth-order valence-electron chi connectivity index (χ4n) is 2.23. The number of amides is 1. The quantitative estimate of drug-likeness (QED) is 0.261. The van der Waals surface area contributed by atoms with Crippen LogP contribution in [0.4, 0.5) is 5.69 Å². The van der Waals surface area contributed by atoms with Gasteiger partial charge in [0.15, 0.2) is 5.76 Å². The monoisotopic (exact) mass is 559 g/mol. The van der Waals surface area contributed by atoms with Crippen molar-refractivity contribution in [2.45, 2.75) is 0 Å². The minimum atomic E-state index is -0.722. The first-order chi connectivity index (χ1) is 12.8. The summed E-state index contributed by atoms with van der Waals surface area (Å²) in [6, 6.07) is 7.72. The smallest absolute Gasteiger partial charge is 0.312 e. The van der Waals surface area contributed by atoms with Gasteiger partial charge in [-0.05, 0) is 56.1 Å². The van der Waals surface area contributed by atoms with Gasteiger partial charge in [0.05, 0.1) is 20.1 Å². The summed E-state index contributed by atoms with van der Waals surface area (Å²) < 4.78 is 7.17. The Balaban J connectivity index is 1.80. The molecule has 0 saturated heterocycles. The zero-order valence-corrected chi connectivity index (χ0v) is 17.8. The number of carbonyl (C=O) groups excluding carboxylic acids is 1. The average Bonchev–Trinajstić information content (AvgIpc) is 3.02. The SMILES string of the molecule is O=C(N/N=C\c1cc(Br)c(O)c([N+](=O)[O-])c1)c1cc2cc(Br)cc(Br)c2o1. The first kappa shape index (κ1) is 19.5. The van der Waals surface area contributed by atoms with Gasteiger partial charge in [-0.25, -0.2) is 5.43 Å². The third-order valence-electron chi connectivity index (χ3n) is 3.40. The summed E-state index contributed by atoms with van der Waals surface area (Å²) in [6.07, 6.45) is 1.21. The topological polar surface area (TPSA) is 118 Å². The van der Waals surface area contributed by atoms with Crippen LogP contribution in [0.1, 0.15) is 16.1 Å². The molecule has 0 spiro atoms. The van der Waals surface area contributed by atoms with Gasteiger partial charge >= 0.3 is 11.6 Å². The van der Waals surface area contributed by atoms with Crippen LogP contribution in [-0.2, 0) is 0 Å². The number of hydrogen-bond donors (Lipinski definition) is 2. The van der Waals surface area contributed by atoms with Crippen molar-refractivity contribution in [3.8, 4) is 5.75 Å². The van der Waals surface area contributed by atoms with Crippen LogP contribution in [0, 0.1) is 10.1 Å². The third kappa shape index (κ3) is 4.20. The van der Waals surface area contributed by atoms with E-state index in [1.807, 2.05) is 0 Å². The fraction of sp³-hybridized carbons (Fsp3) is 0. The molecule has 27 heavy (non-hydrogen) atoms. The summed E-state index contributed by atoms with van der Waals surface area (Å²) in [5.41, 5.74) is 2.63. The third-order valence-corrected chi connectivity index (χ3v) is 5.05. The average molecular weight is 562 g/mol. The number of halogens is 3. The molecule has 0 aliphatic rings. The van der Waals surface area contributed by atoms with Gasteiger partial charge in [0.2, 0.25) is 5.75 Å². The Hall–Kier alpha value is -2.24. The number of rotatable bonds is 4. The number of nitrogens with one attached hydrogen (secondary N) is 1. The molecule has 1 amide bonds. The summed E-state index contributed by atoms with van der Waals surface area (Å²) in [6.45, 7) is 0. The molecule has 0 aliphatic carbocycles. The molecule has 138 valence electrons. The molecule has 8 nitrogen and oxygen atoms in total. The molecule has 0 aliphatic heterocycles. The van der Waals surface area contributed by atoms with Gasteiger partial charge in [-0.2, -0.15) is 5.10 Å². The Labute approximate surface area is 176 Å². The van der Waals surface area contributed by atoms with E-state index in [2.05, 4.69) is 58.3 Å². The molecule has 1 heterocycles. The maximum Gasteiger partial charge on any atom is 0.312 e. The van der Waals surface area contributed by atoms with Crippen molar-refractivity contribution >= 4 is 76.6 Å². The molecule has 0 bridgehead atoms. The van der Waals surface area contributed by atoms with Crippen molar-refractivity contribution < 1.29 is 19.2 Å². The molecular formula is C16H8Br3N3O5. The number of nitrogens with zero attached hydrogens (tertiary/aromatic N) is 2. The van der Waals surface area contributed by atoms with Crippen molar-refractivity contribution in [1.82, 2.24) is 5.43 Å². The van der Waals surface area contributed by atoms with Crippen molar-refractivity contribution in [2.75, 3.05) is 0 Å². The van der Waals surface area contributed by atoms with E-state index in [0.717, 1.165) is 15.9 Å². The molecule has 0 radical (unpaired) electrons. The van der Waals surface area contributed by atoms with Gasteiger partial charge < -0.3 is 9.52 Å². The molecule has 3 aromatic rings. The maximum atomic E-state index is 12.2. The summed E-state index contributed by atoms with van der Waals surface area (Å²) in [4.78, 5) is 22.4. The van der Waals surface area contributed by atoms with E-state index in [1.54, 1.807) is 18.2 Å². The molecule has 0 unspecified atom stereocenters. The van der Waals surface area contributed by atoms with E-state index in [9.17, 15) is 20.0 Å². The Kier molecular flexibility index (Phi) is 5.63. The van der Waals surface area contributed by atoms with E-state index in [4.69, 9.17) is 4.42 Å². The molecule has 2 N–H and O–H groups in total. The molecular weight excluding hydrogens is 554 g/mol. The van der Waals surface area contributed by atoms with Gasteiger partial charge in [-0.3, -0.25) is 14.9 Å². The second-order valence-corrected chi connectivity index (χ2v) is 7.87. The number of aromatic hydroxyl groups is 1. The minimum Gasteiger partial charge on any atom is -0.501 e. The van der Waals surface area contributed by atoms with Crippen LogP contribution in [-0.4, -0.2) is 22.2 Å². The van der Waals surface area contributed by atoms with E-state index >= 15 is 0 Å². The first-order valence-corrected chi connectivity index (χ1v) is 9.53. The summed E-state index contributed by atoms with van der Waals surface area (Å²) in [5.74, 6) is -1.02. The molecule has 2 aromatic carbocycles. The standard InChI is InChI=1S/C16H8Br3N3O5/c17-9-3-8-4-13(27-15(8)11(19)5-9)16(24)21-20-6-7-1-10(18)14(23)12(2-7)22(25)26/h1-6,23H,(H,21,24)/b20-6-.